The van der Waals surface area contributed by atoms with E-state index in [-0.39, 0.29) is 5.69 Å². The van der Waals surface area contributed by atoms with E-state index in [4.69, 9.17) is 4.74 Å². The van der Waals surface area contributed by atoms with E-state index in [2.05, 4.69) is 10.6 Å². The standard InChI is InChI=1S/C17H14F3N3O5/c18-17(19,20)11-6-7-13(14(8-11)23(26)27)21-9-16(25)28-10-15(24)22-12-4-2-1-3-5-12/h1-8,21H,9-10H2,(H,22,24). The predicted molar refractivity (Wildman–Crippen MR) is 92.6 cm³/mol. The zero-order chi connectivity index (χ0) is 20.7. The van der Waals surface area contributed by atoms with Crippen molar-refractivity contribution in [3.63, 3.8) is 0 Å². The second-order valence-corrected chi connectivity index (χ2v) is 5.42. The number of benzene rings is 2. The number of nitro groups is 1. The molecule has 0 unspecified atom stereocenters. The topological polar surface area (TPSA) is 111 Å². The average Bonchev–Trinajstić information content (AvgIpc) is 2.64. The van der Waals surface area contributed by atoms with Crippen LogP contribution < -0.4 is 10.6 Å². The first-order valence-corrected chi connectivity index (χ1v) is 7.77. The summed E-state index contributed by atoms with van der Waals surface area (Å²) < 4.78 is 42.7. The Morgan fingerprint density at radius 2 is 1.79 bits per heavy atom. The molecule has 2 N–H and O–H groups in total. The van der Waals surface area contributed by atoms with E-state index in [1.54, 1.807) is 30.3 Å². The lowest BCUT2D eigenvalue weighted by atomic mass is 10.1. The van der Waals surface area contributed by atoms with E-state index in [1.807, 2.05) is 0 Å². The van der Waals surface area contributed by atoms with Crippen LogP contribution in [-0.4, -0.2) is 30.0 Å². The number of carbonyl (C=O) groups excluding carboxylic acids is 2. The van der Waals surface area contributed by atoms with Crippen LogP contribution in [0, 0.1) is 10.1 Å². The van der Waals surface area contributed by atoms with Gasteiger partial charge < -0.3 is 15.4 Å². The van der Waals surface area contributed by atoms with Crippen LogP contribution in [0.25, 0.3) is 0 Å². The summed E-state index contributed by atoms with van der Waals surface area (Å²) in [5.41, 5.74) is -1.82. The summed E-state index contributed by atoms with van der Waals surface area (Å²) in [6.45, 7) is -1.17. The maximum absolute atomic E-state index is 12.7. The zero-order valence-electron chi connectivity index (χ0n) is 14.2. The normalized spacial score (nSPS) is 10.8. The molecular formula is C17H14F3N3O5. The Hall–Kier alpha value is -3.63. The van der Waals surface area contributed by atoms with Crippen LogP contribution >= 0.6 is 0 Å². The molecule has 0 spiro atoms. The van der Waals surface area contributed by atoms with Crippen LogP contribution in [0.4, 0.5) is 30.2 Å². The molecule has 0 radical (unpaired) electrons. The fraction of sp³-hybridized carbons (Fsp3) is 0.176. The molecule has 1 amide bonds. The fourth-order valence-corrected chi connectivity index (χ4v) is 2.09. The summed E-state index contributed by atoms with van der Waals surface area (Å²) in [5, 5.41) is 15.8. The van der Waals surface area contributed by atoms with Gasteiger partial charge in [0.1, 0.15) is 12.2 Å². The minimum Gasteiger partial charge on any atom is -0.454 e. The SMILES string of the molecule is O=C(COC(=O)CNc1ccc(C(F)(F)F)cc1[N+](=O)[O-])Nc1ccccc1. The maximum Gasteiger partial charge on any atom is 0.416 e. The van der Waals surface area contributed by atoms with Gasteiger partial charge in [0.05, 0.1) is 10.5 Å². The Kier molecular flexibility index (Phi) is 6.53. The molecule has 0 saturated heterocycles. The van der Waals surface area contributed by atoms with Gasteiger partial charge in [-0.2, -0.15) is 13.2 Å². The molecule has 0 heterocycles. The number of nitrogens with zero attached hydrogens (tertiary/aromatic N) is 1. The molecule has 2 aromatic carbocycles. The number of para-hydroxylation sites is 1. The Labute approximate surface area is 156 Å². The van der Waals surface area contributed by atoms with Crippen LogP contribution in [0.3, 0.4) is 0 Å². The molecule has 0 saturated carbocycles. The van der Waals surface area contributed by atoms with E-state index in [9.17, 15) is 32.9 Å². The van der Waals surface area contributed by atoms with Gasteiger partial charge in [0.15, 0.2) is 6.61 Å². The second-order valence-electron chi connectivity index (χ2n) is 5.42. The highest BCUT2D eigenvalue weighted by Gasteiger charge is 2.33. The van der Waals surface area contributed by atoms with Crippen LogP contribution in [0.1, 0.15) is 5.56 Å². The van der Waals surface area contributed by atoms with Crippen molar-refractivity contribution in [2.24, 2.45) is 0 Å². The molecule has 28 heavy (non-hydrogen) atoms. The molecule has 0 atom stereocenters. The zero-order valence-corrected chi connectivity index (χ0v) is 14.2. The number of nitrogens with one attached hydrogen (secondary N) is 2. The van der Waals surface area contributed by atoms with Crippen molar-refractivity contribution in [3.8, 4) is 0 Å². The number of alkyl halides is 3. The third kappa shape index (κ3) is 5.97. The minimum atomic E-state index is -4.74. The van der Waals surface area contributed by atoms with Gasteiger partial charge in [0.2, 0.25) is 0 Å². The molecule has 2 aromatic rings. The lowest BCUT2D eigenvalue weighted by Gasteiger charge is -2.10. The average molecular weight is 397 g/mol. The quantitative estimate of drug-likeness (QED) is 0.422. The van der Waals surface area contributed by atoms with Crippen molar-refractivity contribution >= 4 is 28.9 Å². The minimum absolute atomic E-state index is 0.288. The highest BCUT2D eigenvalue weighted by Crippen LogP contribution is 2.34. The number of carbonyl (C=O) groups is 2. The summed E-state index contributed by atoms with van der Waals surface area (Å²) in [4.78, 5) is 33.3. The molecule has 148 valence electrons. The molecule has 0 bridgehead atoms. The molecule has 8 nitrogen and oxygen atoms in total. The number of hydrogen-bond donors (Lipinski definition) is 2. The lowest BCUT2D eigenvalue weighted by Crippen LogP contribution is -2.24. The Morgan fingerprint density at radius 1 is 1.11 bits per heavy atom. The summed E-state index contributed by atoms with van der Waals surface area (Å²) >= 11 is 0. The van der Waals surface area contributed by atoms with Crippen molar-refractivity contribution in [3.05, 3.63) is 64.2 Å². The van der Waals surface area contributed by atoms with Crippen LogP contribution in [0.5, 0.6) is 0 Å². The van der Waals surface area contributed by atoms with Crippen LogP contribution in [-0.2, 0) is 20.5 Å². The van der Waals surface area contributed by atoms with E-state index >= 15 is 0 Å². The van der Waals surface area contributed by atoms with Gasteiger partial charge in [-0.1, -0.05) is 18.2 Å². The number of esters is 1. The molecule has 0 fully saturated rings. The van der Waals surface area contributed by atoms with Crippen molar-refractivity contribution in [2.45, 2.75) is 6.18 Å². The largest absolute Gasteiger partial charge is 0.454 e. The molecule has 11 heteroatoms. The second kappa shape index (κ2) is 8.84. The van der Waals surface area contributed by atoms with Gasteiger partial charge in [-0.15, -0.1) is 0 Å². The highest BCUT2D eigenvalue weighted by molar-refractivity contribution is 5.93. The smallest absolute Gasteiger partial charge is 0.416 e. The number of hydrogen-bond acceptors (Lipinski definition) is 6. The van der Waals surface area contributed by atoms with Crippen molar-refractivity contribution in [1.29, 1.82) is 0 Å². The van der Waals surface area contributed by atoms with E-state index < -0.39 is 47.4 Å². The first kappa shape index (κ1) is 20.7. The molecule has 2 rings (SSSR count). The van der Waals surface area contributed by atoms with E-state index in [1.165, 1.54) is 0 Å². The first-order chi connectivity index (χ1) is 13.2. The lowest BCUT2D eigenvalue weighted by molar-refractivity contribution is -0.384. The Balaban J connectivity index is 1.90. The van der Waals surface area contributed by atoms with Crippen LogP contribution in [0.2, 0.25) is 0 Å². The van der Waals surface area contributed by atoms with Crippen molar-refractivity contribution in [2.75, 3.05) is 23.8 Å². The Morgan fingerprint density at radius 3 is 2.39 bits per heavy atom. The number of halogens is 3. The van der Waals surface area contributed by atoms with Crippen molar-refractivity contribution in [1.82, 2.24) is 0 Å². The Bertz CT molecular complexity index is 872. The number of ether oxygens (including phenoxy) is 1. The number of amides is 1. The molecular weight excluding hydrogens is 383 g/mol. The molecule has 0 aromatic heterocycles. The van der Waals surface area contributed by atoms with Gasteiger partial charge in [-0.25, -0.2) is 0 Å². The number of rotatable bonds is 7. The summed E-state index contributed by atoms with van der Waals surface area (Å²) in [7, 11) is 0. The molecule has 0 aliphatic rings. The van der Waals surface area contributed by atoms with E-state index in [0.29, 0.717) is 17.8 Å². The first-order valence-electron chi connectivity index (χ1n) is 7.77. The van der Waals surface area contributed by atoms with Gasteiger partial charge in [0.25, 0.3) is 11.6 Å². The van der Waals surface area contributed by atoms with Gasteiger partial charge >= 0.3 is 12.1 Å². The number of nitro benzene ring substituents is 1. The summed E-state index contributed by atoms with van der Waals surface area (Å²) in [6.07, 6.45) is -4.74. The fourth-order valence-electron chi connectivity index (χ4n) is 2.09. The summed E-state index contributed by atoms with van der Waals surface area (Å²) in [5.74, 6) is -1.52. The predicted octanol–water partition coefficient (Wildman–Crippen LogP) is 3.21. The molecule has 0 aliphatic carbocycles. The van der Waals surface area contributed by atoms with Gasteiger partial charge in [-0.05, 0) is 24.3 Å². The monoisotopic (exact) mass is 397 g/mol. The third-order valence-electron chi connectivity index (χ3n) is 3.37. The van der Waals surface area contributed by atoms with Crippen LogP contribution in [0.15, 0.2) is 48.5 Å². The third-order valence-corrected chi connectivity index (χ3v) is 3.37. The van der Waals surface area contributed by atoms with Crippen molar-refractivity contribution < 1.29 is 32.4 Å². The highest BCUT2D eigenvalue weighted by atomic mass is 19.4. The number of anilines is 2. The maximum atomic E-state index is 12.7. The summed E-state index contributed by atoms with van der Waals surface area (Å²) in [6, 6.07) is 10.3. The molecule has 0 aliphatic heterocycles. The van der Waals surface area contributed by atoms with Gasteiger partial charge in [0, 0.05) is 11.8 Å². The van der Waals surface area contributed by atoms with Gasteiger partial charge in [-0.3, -0.25) is 19.7 Å². The van der Waals surface area contributed by atoms with E-state index in [0.717, 1.165) is 6.07 Å².